The third-order valence-electron chi connectivity index (χ3n) is 6.25. The molecule has 0 radical (unpaired) electrons. The van der Waals surface area contributed by atoms with E-state index in [2.05, 4.69) is 25.6 Å². The van der Waals surface area contributed by atoms with E-state index in [0.717, 1.165) is 11.6 Å². The first-order valence-corrected chi connectivity index (χ1v) is 14.4. The fraction of sp³-hybridized carbons (Fsp3) is 0.258. The third kappa shape index (κ3) is 9.17. The summed E-state index contributed by atoms with van der Waals surface area (Å²) in [7, 11) is 0. The van der Waals surface area contributed by atoms with Crippen molar-refractivity contribution in [1.82, 2.24) is 15.0 Å². The lowest BCUT2D eigenvalue weighted by Gasteiger charge is -2.15. The molecule has 15 heteroatoms. The number of nitrogens with one attached hydrogen (secondary N) is 2. The normalized spacial score (nSPS) is 10.6. The van der Waals surface area contributed by atoms with Gasteiger partial charge in [0, 0.05) is 11.8 Å². The van der Waals surface area contributed by atoms with Crippen LogP contribution in [0.15, 0.2) is 66.7 Å². The Hall–Kier alpha value is -5.67. The summed E-state index contributed by atoms with van der Waals surface area (Å²) < 4.78 is 17.1. The van der Waals surface area contributed by atoms with Gasteiger partial charge in [0.1, 0.15) is 29.4 Å². The lowest BCUT2D eigenvalue weighted by Crippen LogP contribution is -2.19. The van der Waals surface area contributed by atoms with Crippen LogP contribution in [0.4, 0.5) is 17.1 Å². The second-order valence-corrected chi connectivity index (χ2v) is 9.80. The molecular weight excluding hydrogens is 596 g/mol. The fourth-order valence-electron chi connectivity index (χ4n) is 3.92. The van der Waals surface area contributed by atoms with Gasteiger partial charge in [-0.05, 0) is 68.8 Å². The van der Waals surface area contributed by atoms with Crippen LogP contribution in [0, 0.1) is 17.0 Å². The van der Waals surface area contributed by atoms with E-state index in [1.54, 1.807) is 19.1 Å². The molecule has 0 aliphatic heterocycles. The van der Waals surface area contributed by atoms with Gasteiger partial charge in [-0.1, -0.05) is 30.3 Å². The van der Waals surface area contributed by atoms with Crippen molar-refractivity contribution < 1.29 is 28.7 Å². The number of carbonyl (C=O) groups excluding carboxylic acids is 2. The molecule has 6 N–H and O–H groups in total. The van der Waals surface area contributed by atoms with Crippen LogP contribution in [0.2, 0.25) is 0 Å². The molecule has 15 nitrogen and oxygen atoms in total. The van der Waals surface area contributed by atoms with Crippen LogP contribution < -0.4 is 36.3 Å². The molecule has 0 aliphatic rings. The maximum Gasteiger partial charge on any atom is 0.331 e. The molecule has 4 rings (SSSR count). The highest BCUT2D eigenvalue weighted by atomic mass is 16.6. The molecule has 3 heterocycles. The van der Waals surface area contributed by atoms with Crippen molar-refractivity contribution in [2.45, 2.75) is 26.4 Å². The van der Waals surface area contributed by atoms with E-state index in [1.165, 1.54) is 18.2 Å². The molecule has 0 saturated carbocycles. The average Bonchev–Trinajstić information content (AvgIpc) is 3.06. The molecule has 46 heavy (non-hydrogen) atoms. The summed E-state index contributed by atoms with van der Waals surface area (Å²) in [5, 5.41) is 16.9. The Morgan fingerprint density at radius 1 is 0.739 bits per heavy atom. The van der Waals surface area contributed by atoms with Gasteiger partial charge in [0.2, 0.25) is 11.8 Å². The Kier molecular flexibility index (Phi) is 11.9. The predicted octanol–water partition coefficient (Wildman–Crippen LogP) is 3.63. The molecule has 0 atom stereocenters. The van der Waals surface area contributed by atoms with Gasteiger partial charge in [-0.15, -0.1) is 0 Å². The molecule has 1 aromatic carbocycles. The molecule has 0 saturated heterocycles. The monoisotopic (exact) mass is 630 g/mol. The Labute approximate surface area is 264 Å². The number of amides is 2. The molecule has 0 spiro atoms. The molecule has 0 unspecified atom stereocenters. The lowest BCUT2D eigenvalue weighted by atomic mass is 10.2. The van der Waals surface area contributed by atoms with E-state index < -0.39 is 22.4 Å². The van der Waals surface area contributed by atoms with Gasteiger partial charge in [-0.3, -0.25) is 19.7 Å². The number of nitrogens with two attached hydrogens (primary N) is 2. The van der Waals surface area contributed by atoms with E-state index in [1.807, 2.05) is 30.3 Å². The van der Waals surface area contributed by atoms with Crippen molar-refractivity contribution in [3.05, 3.63) is 99.5 Å². The second-order valence-electron chi connectivity index (χ2n) is 9.80. The predicted molar refractivity (Wildman–Crippen MR) is 169 cm³/mol. The number of anilines is 2. The molecule has 3 aromatic heterocycles. The fourth-order valence-corrected chi connectivity index (χ4v) is 3.92. The number of nitrogens with zero attached hydrogens (tertiary/aromatic N) is 4. The zero-order valence-corrected chi connectivity index (χ0v) is 25.1. The first kappa shape index (κ1) is 33.2. The molecule has 0 fully saturated rings. The van der Waals surface area contributed by atoms with Crippen molar-refractivity contribution >= 4 is 28.9 Å². The summed E-state index contributed by atoms with van der Waals surface area (Å²) in [6, 6.07) is 17.8. The molecule has 4 aromatic rings. The molecular formula is C31H34N8O7. The highest BCUT2D eigenvalue weighted by Gasteiger charge is 2.22. The van der Waals surface area contributed by atoms with Crippen LogP contribution in [0.3, 0.4) is 0 Å². The van der Waals surface area contributed by atoms with E-state index in [0.29, 0.717) is 43.9 Å². The highest BCUT2D eigenvalue weighted by molar-refractivity contribution is 6.05. The highest BCUT2D eigenvalue weighted by Crippen LogP contribution is 2.28. The maximum atomic E-state index is 13.3. The first-order chi connectivity index (χ1) is 22.3. The van der Waals surface area contributed by atoms with Crippen molar-refractivity contribution in [3.63, 3.8) is 0 Å². The number of aromatic nitrogens is 3. The minimum absolute atomic E-state index is 0.0152. The second kappa shape index (κ2) is 16.4. The van der Waals surface area contributed by atoms with Crippen LogP contribution in [0.5, 0.6) is 17.6 Å². The molecule has 2 amide bonds. The maximum absolute atomic E-state index is 13.3. The van der Waals surface area contributed by atoms with Crippen molar-refractivity contribution in [2.75, 3.05) is 36.9 Å². The van der Waals surface area contributed by atoms with E-state index in [-0.39, 0.29) is 47.9 Å². The van der Waals surface area contributed by atoms with Crippen molar-refractivity contribution in [1.29, 1.82) is 0 Å². The molecule has 0 aliphatic carbocycles. The SMILES string of the molecule is Cc1ccc(NC(=O)c2ccc(NC(=O)c3ccc([N+](=O)[O-])c(OCCCN)n3)c(OCc3ccccc3)n2)c(OCCCN)n1. The Bertz CT molecular complexity index is 1670. The number of ether oxygens (including phenoxy) is 3. The number of pyridine rings is 3. The van der Waals surface area contributed by atoms with E-state index in [4.69, 9.17) is 25.7 Å². The van der Waals surface area contributed by atoms with E-state index >= 15 is 0 Å². The van der Waals surface area contributed by atoms with Crippen LogP contribution in [-0.4, -0.2) is 58.0 Å². The Balaban J connectivity index is 1.59. The molecule has 240 valence electrons. The van der Waals surface area contributed by atoms with Gasteiger partial charge in [0.05, 0.1) is 18.1 Å². The minimum Gasteiger partial charge on any atom is -0.476 e. The minimum atomic E-state index is -0.716. The number of carbonyl (C=O) groups is 2. The summed E-state index contributed by atoms with van der Waals surface area (Å²) in [4.78, 5) is 50.1. The molecule has 0 bridgehead atoms. The standard InChI is InChI=1S/C31H34N8O7/c1-20-9-10-24(29(34-20)44-17-5-15-32)35-27(40)22-11-12-25(30(37-22)46-19-21-7-3-2-4-8-21)36-28(41)23-13-14-26(39(42)43)31(38-23)45-18-6-16-33/h2-4,7-14H,5-6,15-19,32-33H2,1H3,(H,35,40)(H,36,41). The lowest BCUT2D eigenvalue weighted by molar-refractivity contribution is -0.386. The quantitative estimate of drug-likeness (QED) is 0.0792. The first-order valence-electron chi connectivity index (χ1n) is 14.4. The summed E-state index contributed by atoms with van der Waals surface area (Å²) in [6.07, 6.45) is 1.05. The topological polar surface area (TPSA) is 220 Å². The van der Waals surface area contributed by atoms with Gasteiger partial charge >= 0.3 is 5.69 Å². The number of benzene rings is 1. The van der Waals surface area contributed by atoms with Crippen LogP contribution >= 0.6 is 0 Å². The number of hydrogen-bond donors (Lipinski definition) is 4. The van der Waals surface area contributed by atoms with Crippen molar-refractivity contribution in [2.24, 2.45) is 11.5 Å². The van der Waals surface area contributed by atoms with Crippen LogP contribution in [0.25, 0.3) is 0 Å². The van der Waals surface area contributed by atoms with Crippen LogP contribution in [-0.2, 0) is 6.61 Å². The number of hydrogen-bond acceptors (Lipinski definition) is 12. The van der Waals surface area contributed by atoms with Crippen LogP contribution in [0.1, 0.15) is 45.1 Å². The van der Waals surface area contributed by atoms with E-state index in [9.17, 15) is 19.7 Å². The summed E-state index contributed by atoms with van der Waals surface area (Å²) in [5.74, 6) is -1.41. The average molecular weight is 631 g/mol. The van der Waals surface area contributed by atoms with Gasteiger partial charge in [-0.2, -0.15) is 0 Å². The van der Waals surface area contributed by atoms with Gasteiger partial charge in [-0.25, -0.2) is 15.0 Å². The van der Waals surface area contributed by atoms with Gasteiger partial charge in [0.15, 0.2) is 0 Å². The largest absolute Gasteiger partial charge is 0.476 e. The summed E-state index contributed by atoms with van der Waals surface area (Å²) in [5.41, 5.74) is 12.5. The zero-order chi connectivity index (χ0) is 32.9. The summed E-state index contributed by atoms with van der Waals surface area (Å²) >= 11 is 0. The smallest absolute Gasteiger partial charge is 0.331 e. The number of nitro groups is 1. The number of aryl methyl sites for hydroxylation is 1. The third-order valence-corrected chi connectivity index (χ3v) is 6.25. The zero-order valence-electron chi connectivity index (χ0n) is 25.1. The van der Waals surface area contributed by atoms with Crippen molar-refractivity contribution in [3.8, 4) is 17.6 Å². The Morgan fingerprint density at radius 3 is 1.89 bits per heavy atom. The summed E-state index contributed by atoms with van der Waals surface area (Å²) in [6.45, 7) is 3.04. The number of rotatable bonds is 16. The Morgan fingerprint density at radius 2 is 1.28 bits per heavy atom. The van der Waals surface area contributed by atoms with Gasteiger partial charge < -0.3 is 36.3 Å². The van der Waals surface area contributed by atoms with Gasteiger partial charge in [0.25, 0.3) is 17.7 Å².